The maximum atomic E-state index is 8.03. The zero-order chi connectivity index (χ0) is 38.1. The van der Waals surface area contributed by atoms with Crippen molar-refractivity contribution in [3.63, 3.8) is 0 Å². The monoisotopic (exact) mass is 738 g/mol. The standard InChI is InChI=1S/C42H74O3Si4/c1-33(43-46(15,16)39(3,4)5)29-31-35-25-21-23-27-37(35)48(19,41(9,10)11)45-49(20,42(12,13)14)38-28-24-22-26-36(38)32-30-34(2)44-47(17,18)40(6,7)8/h21-34H,1-20H3. The predicted octanol–water partition coefficient (Wildman–Crippen LogP) is 12.4. The van der Waals surface area contributed by atoms with Crippen LogP contribution >= 0.6 is 0 Å². The summed E-state index contributed by atoms with van der Waals surface area (Å²) in [5.74, 6) is 0. The van der Waals surface area contributed by atoms with Crippen molar-refractivity contribution in [1.82, 2.24) is 0 Å². The highest BCUT2D eigenvalue weighted by Gasteiger charge is 2.54. The molecule has 4 atom stereocenters. The Morgan fingerprint density at radius 2 is 0.755 bits per heavy atom. The Morgan fingerprint density at radius 3 is 1.02 bits per heavy atom. The van der Waals surface area contributed by atoms with Crippen molar-refractivity contribution in [2.75, 3.05) is 0 Å². The Balaban J connectivity index is 2.67. The summed E-state index contributed by atoms with van der Waals surface area (Å²) in [7, 11) is -9.05. The normalized spacial score (nSPS) is 18.0. The van der Waals surface area contributed by atoms with Gasteiger partial charge >= 0.3 is 0 Å². The van der Waals surface area contributed by atoms with E-state index in [2.05, 4.69) is 209 Å². The minimum Gasteiger partial charge on any atom is -0.448 e. The molecule has 0 radical (unpaired) electrons. The van der Waals surface area contributed by atoms with Crippen molar-refractivity contribution >= 4 is 55.8 Å². The van der Waals surface area contributed by atoms with E-state index in [0.717, 1.165) is 0 Å². The molecule has 0 bridgehead atoms. The summed E-state index contributed by atoms with van der Waals surface area (Å²) in [5, 5.41) is 2.92. The largest absolute Gasteiger partial charge is 0.448 e. The molecule has 3 nitrogen and oxygen atoms in total. The van der Waals surface area contributed by atoms with Crippen LogP contribution in [0.15, 0.2) is 60.7 Å². The third-order valence-corrected chi connectivity index (χ3v) is 33.0. The van der Waals surface area contributed by atoms with Gasteiger partial charge in [-0.3, -0.25) is 0 Å². The smallest absolute Gasteiger partial charge is 0.215 e. The number of hydrogen-bond acceptors (Lipinski definition) is 3. The molecular weight excluding hydrogens is 665 g/mol. The molecule has 276 valence electrons. The molecule has 0 amide bonds. The number of hydrogen-bond donors (Lipinski definition) is 0. The molecule has 0 aliphatic heterocycles. The second-order valence-electron chi connectivity index (χ2n) is 19.7. The molecule has 49 heavy (non-hydrogen) atoms. The van der Waals surface area contributed by atoms with Gasteiger partial charge in [-0.05, 0) is 94.8 Å². The Kier molecular flexibility index (Phi) is 13.7. The van der Waals surface area contributed by atoms with Gasteiger partial charge in [0.25, 0.3) is 0 Å². The van der Waals surface area contributed by atoms with E-state index in [1.807, 2.05) is 0 Å². The lowest BCUT2D eigenvalue weighted by molar-refractivity contribution is 0.244. The first-order valence-electron chi connectivity index (χ1n) is 18.5. The van der Waals surface area contributed by atoms with E-state index >= 15 is 0 Å². The summed E-state index contributed by atoms with van der Waals surface area (Å²) >= 11 is 0. The Labute approximate surface area is 307 Å². The molecule has 2 rings (SSSR count). The highest BCUT2D eigenvalue weighted by molar-refractivity contribution is 7.00. The molecule has 0 saturated heterocycles. The van der Waals surface area contributed by atoms with Crippen molar-refractivity contribution in [3.8, 4) is 0 Å². The fourth-order valence-electron chi connectivity index (χ4n) is 5.63. The molecule has 0 heterocycles. The summed E-state index contributed by atoms with van der Waals surface area (Å²) in [6, 6.07) is 17.9. The second-order valence-corrected chi connectivity index (χ2v) is 38.3. The maximum absolute atomic E-state index is 8.03. The summed E-state index contributed by atoms with van der Waals surface area (Å²) in [6.07, 6.45) is 9.17. The van der Waals surface area contributed by atoms with Crippen molar-refractivity contribution in [2.24, 2.45) is 0 Å². The van der Waals surface area contributed by atoms with Gasteiger partial charge in [0.1, 0.15) is 0 Å². The molecule has 0 fully saturated rings. The minimum atomic E-state index is -2.63. The van der Waals surface area contributed by atoms with Gasteiger partial charge in [-0.2, -0.15) is 0 Å². The maximum Gasteiger partial charge on any atom is 0.215 e. The van der Waals surface area contributed by atoms with E-state index in [1.54, 1.807) is 0 Å². The van der Waals surface area contributed by atoms with Gasteiger partial charge in [-0.25, -0.2) is 0 Å². The van der Waals surface area contributed by atoms with Crippen LogP contribution in [0.3, 0.4) is 0 Å². The van der Waals surface area contributed by atoms with E-state index in [1.165, 1.54) is 21.5 Å². The van der Waals surface area contributed by atoms with Crippen LogP contribution in [0.5, 0.6) is 0 Å². The Bertz CT molecular complexity index is 1340. The van der Waals surface area contributed by atoms with Crippen LogP contribution in [-0.2, 0) is 13.0 Å². The SMILES string of the molecule is CC(C=Cc1ccccc1[Si](C)(O[Si](C)(c1ccccc1C=CC(C)O[Si](C)(C)C(C)(C)C)C(C)(C)C)C(C)(C)C)O[Si](C)(C)C(C)(C)C. The first-order valence-corrected chi connectivity index (χ1v) is 29.1. The summed E-state index contributed by atoms with van der Waals surface area (Å²) in [4.78, 5) is 0. The molecule has 2 aromatic rings. The van der Waals surface area contributed by atoms with Crippen LogP contribution in [0.1, 0.15) is 108 Å². The van der Waals surface area contributed by atoms with Crippen LogP contribution in [0.4, 0.5) is 0 Å². The fraction of sp³-hybridized carbons (Fsp3) is 0.619. The van der Waals surface area contributed by atoms with Gasteiger partial charge in [0, 0.05) is 0 Å². The van der Waals surface area contributed by atoms with Crippen molar-refractivity contribution < 1.29 is 13.0 Å². The van der Waals surface area contributed by atoms with Crippen LogP contribution in [0.25, 0.3) is 12.2 Å². The number of rotatable bonds is 12. The third kappa shape index (κ3) is 10.4. The molecule has 0 aliphatic rings. The zero-order valence-electron chi connectivity index (χ0n) is 35.3. The van der Waals surface area contributed by atoms with Gasteiger partial charge in [0.05, 0.1) is 12.2 Å². The lowest BCUT2D eigenvalue weighted by atomic mass is 10.2. The topological polar surface area (TPSA) is 27.7 Å². The van der Waals surface area contributed by atoms with Crippen molar-refractivity contribution in [1.29, 1.82) is 0 Å². The van der Waals surface area contributed by atoms with Gasteiger partial charge in [-0.15, -0.1) is 0 Å². The van der Waals surface area contributed by atoms with E-state index in [0.29, 0.717) is 0 Å². The third-order valence-electron chi connectivity index (χ3n) is 11.9. The first kappa shape index (κ1) is 43.8. The molecule has 0 N–H and O–H groups in total. The zero-order valence-corrected chi connectivity index (χ0v) is 39.3. The molecule has 0 spiro atoms. The average Bonchev–Trinajstić information content (AvgIpc) is 2.92. The highest BCUT2D eigenvalue weighted by Crippen LogP contribution is 2.46. The highest BCUT2D eigenvalue weighted by atomic mass is 28.4. The lowest BCUT2D eigenvalue weighted by Gasteiger charge is -2.51. The minimum absolute atomic E-state index is 0.0355. The summed E-state index contributed by atoms with van der Waals surface area (Å²) in [5.41, 5.74) is 2.49. The van der Waals surface area contributed by atoms with E-state index in [9.17, 15) is 0 Å². The summed E-state index contributed by atoms with van der Waals surface area (Å²) in [6.45, 7) is 46.7. The Hall–Kier alpha value is -1.33. The lowest BCUT2D eigenvalue weighted by Crippen LogP contribution is -2.68. The van der Waals surface area contributed by atoms with Gasteiger partial charge < -0.3 is 13.0 Å². The predicted molar refractivity (Wildman–Crippen MR) is 229 cm³/mol. The number of benzene rings is 2. The van der Waals surface area contributed by atoms with Crippen LogP contribution in [0, 0.1) is 0 Å². The fourth-order valence-corrected chi connectivity index (χ4v) is 18.8. The van der Waals surface area contributed by atoms with E-state index < -0.39 is 33.3 Å². The van der Waals surface area contributed by atoms with Crippen LogP contribution < -0.4 is 10.4 Å². The quantitative estimate of drug-likeness (QED) is 0.203. The van der Waals surface area contributed by atoms with Gasteiger partial charge in [0.15, 0.2) is 16.6 Å². The average molecular weight is 739 g/mol. The molecule has 7 heteroatoms. The molecule has 0 saturated carbocycles. The van der Waals surface area contributed by atoms with Gasteiger partial charge in [0.2, 0.25) is 16.6 Å². The summed E-state index contributed by atoms with van der Waals surface area (Å²) < 4.78 is 21.5. The molecule has 0 aliphatic carbocycles. The molecular formula is C42H74O3Si4. The Morgan fingerprint density at radius 1 is 0.469 bits per heavy atom. The van der Waals surface area contributed by atoms with Crippen LogP contribution in [-0.4, -0.2) is 45.5 Å². The molecule has 4 unspecified atom stereocenters. The second kappa shape index (κ2) is 15.3. The molecule has 2 aromatic carbocycles. The molecule has 0 aromatic heterocycles. The first-order chi connectivity index (χ1) is 21.9. The van der Waals surface area contributed by atoms with E-state index in [4.69, 9.17) is 13.0 Å². The van der Waals surface area contributed by atoms with Crippen molar-refractivity contribution in [3.05, 3.63) is 71.8 Å². The van der Waals surface area contributed by atoms with Gasteiger partial charge in [-0.1, -0.05) is 156 Å². The van der Waals surface area contributed by atoms with Crippen LogP contribution in [0.2, 0.25) is 59.4 Å². The van der Waals surface area contributed by atoms with Crippen molar-refractivity contribution in [2.45, 2.75) is 169 Å². The van der Waals surface area contributed by atoms with E-state index in [-0.39, 0.29) is 32.4 Å².